The highest BCUT2D eigenvalue weighted by Crippen LogP contribution is 2.41. The van der Waals surface area contributed by atoms with Crippen LogP contribution in [0.2, 0.25) is 0 Å². The Balaban J connectivity index is 2.21. The second-order valence-corrected chi connectivity index (χ2v) is 6.70. The summed E-state index contributed by atoms with van der Waals surface area (Å²) in [6, 6.07) is 1.01. The van der Waals surface area contributed by atoms with Crippen LogP contribution in [-0.4, -0.2) is 34.8 Å². The van der Waals surface area contributed by atoms with Gasteiger partial charge in [0.25, 0.3) is 5.91 Å². The Bertz CT molecular complexity index is 1120. The van der Waals surface area contributed by atoms with Crippen LogP contribution >= 0.6 is 0 Å². The molecule has 1 aromatic carbocycles. The fourth-order valence-corrected chi connectivity index (χ4v) is 3.57. The SMILES string of the molecule is CC#CC(=O)N1CC=C(c2c(F)cc(CC(N)=O)c3[nH]c(C(F)(F)F)c(C)c23)C1. The van der Waals surface area contributed by atoms with Gasteiger partial charge in [-0.1, -0.05) is 12.0 Å². The summed E-state index contributed by atoms with van der Waals surface area (Å²) < 4.78 is 55.4. The predicted octanol–water partition coefficient (Wildman–Crippen LogP) is 2.91. The number of halogens is 4. The first kappa shape index (κ1) is 20.5. The molecule has 1 aromatic heterocycles. The summed E-state index contributed by atoms with van der Waals surface area (Å²) >= 11 is 0. The highest BCUT2D eigenvalue weighted by molar-refractivity contribution is 6.01. The van der Waals surface area contributed by atoms with Gasteiger partial charge in [-0.3, -0.25) is 9.59 Å². The second kappa shape index (κ2) is 7.28. The number of aryl methyl sites for hydroxylation is 1. The third-order valence-corrected chi connectivity index (χ3v) is 4.77. The Morgan fingerprint density at radius 3 is 2.62 bits per heavy atom. The number of carbonyl (C=O) groups excluding carboxylic acids is 2. The van der Waals surface area contributed by atoms with Crippen LogP contribution in [0.25, 0.3) is 16.5 Å². The van der Waals surface area contributed by atoms with E-state index in [-0.39, 0.29) is 40.7 Å². The molecule has 0 aliphatic carbocycles. The lowest BCUT2D eigenvalue weighted by atomic mass is 9.95. The van der Waals surface area contributed by atoms with Crippen molar-refractivity contribution in [2.75, 3.05) is 13.1 Å². The third-order valence-electron chi connectivity index (χ3n) is 4.77. The van der Waals surface area contributed by atoms with E-state index in [1.165, 1.54) is 18.7 Å². The largest absolute Gasteiger partial charge is 0.431 e. The molecule has 0 bridgehead atoms. The average Bonchev–Trinajstić information content (AvgIpc) is 3.20. The van der Waals surface area contributed by atoms with Crippen LogP contribution in [0.5, 0.6) is 0 Å². The molecule has 1 aliphatic heterocycles. The smallest absolute Gasteiger partial charge is 0.369 e. The minimum Gasteiger partial charge on any atom is -0.369 e. The number of carbonyl (C=O) groups is 2. The molecule has 9 heteroatoms. The van der Waals surface area contributed by atoms with Crippen molar-refractivity contribution in [2.24, 2.45) is 5.73 Å². The third kappa shape index (κ3) is 3.70. The van der Waals surface area contributed by atoms with E-state index in [0.717, 1.165) is 6.07 Å². The number of aromatic amines is 1. The molecular formula is C20H17F4N3O2. The van der Waals surface area contributed by atoms with Crippen LogP contribution in [0.1, 0.15) is 29.3 Å². The number of rotatable bonds is 3. The Morgan fingerprint density at radius 1 is 1.34 bits per heavy atom. The zero-order valence-electron chi connectivity index (χ0n) is 15.6. The summed E-state index contributed by atoms with van der Waals surface area (Å²) in [5.74, 6) is 2.83. The van der Waals surface area contributed by atoms with Crippen molar-refractivity contribution < 1.29 is 27.2 Å². The van der Waals surface area contributed by atoms with Gasteiger partial charge < -0.3 is 15.6 Å². The lowest BCUT2D eigenvalue weighted by molar-refractivity contribution is -0.141. The molecule has 0 unspecified atom stereocenters. The van der Waals surface area contributed by atoms with E-state index in [1.807, 2.05) is 0 Å². The first-order valence-electron chi connectivity index (χ1n) is 8.64. The maximum Gasteiger partial charge on any atom is 0.431 e. The van der Waals surface area contributed by atoms with E-state index in [1.54, 1.807) is 6.08 Å². The Morgan fingerprint density at radius 2 is 2.03 bits per heavy atom. The normalized spacial score (nSPS) is 14.0. The number of amides is 2. The lowest BCUT2D eigenvalue weighted by Crippen LogP contribution is -2.27. The highest BCUT2D eigenvalue weighted by atomic mass is 19.4. The second-order valence-electron chi connectivity index (χ2n) is 6.70. The molecule has 3 rings (SSSR count). The number of primary amides is 1. The summed E-state index contributed by atoms with van der Waals surface area (Å²) in [7, 11) is 0. The first-order chi connectivity index (χ1) is 13.5. The van der Waals surface area contributed by atoms with Crippen LogP contribution in [0.3, 0.4) is 0 Å². The van der Waals surface area contributed by atoms with E-state index in [0.29, 0.717) is 5.57 Å². The number of nitrogens with two attached hydrogens (primary N) is 1. The van der Waals surface area contributed by atoms with E-state index in [4.69, 9.17) is 5.73 Å². The molecule has 3 N–H and O–H groups in total. The Hall–Kier alpha value is -3.28. The Kier molecular flexibility index (Phi) is 5.13. The molecule has 0 spiro atoms. The van der Waals surface area contributed by atoms with E-state index >= 15 is 4.39 Å². The highest BCUT2D eigenvalue weighted by Gasteiger charge is 2.37. The number of aromatic nitrogens is 1. The molecule has 2 heterocycles. The molecule has 0 atom stereocenters. The van der Waals surface area contributed by atoms with Gasteiger partial charge in [-0.05, 0) is 42.5 Å². The van der Waals surface area contributed by atoms with Crippen LogP contribution in [0.15, 0.2) is 12.1 Å². The van der Waals surface area contributed by atoms with Gasteiger partial charge in [-0.15, -0.1) is 0 Å². The summed E-state index contributed by atoms with van der Waals surface area (Å²) in [5, 5.41) is 0.0238. The zero-order valence-corrected chi connectivity index (χ0v) is 15.6. The quantitative estimate of drug-likeness (QED) is 0.606. The zero-order chi connectivity index (χ0) is 21.5. The maximum absolute atomic E-state index is 15.0. The van der Waals surface area contributed by atoms with Crippen molar-refractivity contribution >= 4 is 28.3 Å². The summed E-state index contributed by atoms with van der Waals surface area (Å²) in [4.78, 5) is 27.0. The molecule has 2 aromatic rings. The van der Waals surface area contributed by atoms with Crippen molar-refractivity contribution in [3.05, 3.63) is 40.3 Å². The van der Waals surface area contributed by atoms with Gasteiger partial charge in [0.15, 0.2) is 0 Å². The van der Waals surface area contributed by atoms with Crippen molar-refractivity contribution in [1.29, 1.82) is 0 Å². The van der Waals surface area contributed by atoms with Crippen molar-refractivity contribution in [3.8, 4) is 11.8 Å². The topological polar surface area (TPSA) is 79.2 Å². The Labute approximate surface area is 163 Å². The van der Waals surface area contributed by atoms with E-state index in [2.05, 4.69) is 16.8 Å². The number of nitrogens with zero attached hydrogens (tertiary/aromatic N) is 1. The minimum atomic E-state index is -4.69. The average molecular weight is 407 g/mol. The molecule has 5 nitrogen and oxygen atoms in total. The van der Waals surface area contributed by atoms with Crippen LogP contribution in [0, 0.1) is 24.6 Å². The molecule has 0 radical (unpaired) electrons. The molecule has 0 saturated heterocycles. The van der Waals surface area contributed by atoms with Crippen molar-refractivity contribution in [1.82, 2.24) is 9.88 Å². The van der Waals surface area contributed by atoms with Gasteiger partial charge in [-0.2, -0.15) is 13.2 Å². The number of nitrogens with one attached hydrogen (secondary N) is 1. The summed E-state index contributed by atoms with van der Waals surface area (Å²) in [6.45, 7) is 2.92. The van der Waals surface area contributed by atoms with Gasteiger partial charge in [0.05, 0.1) is 11.9 Å². The number of hydrogen-bond acceptors (Lipinski definition) is 2. The molecule has 29 heavy (non-hydrogen) atoms. The standard InChI is InChI=1S/C20H17F4N3O2/c1-3-4-15(29)27-6-5-11(9-27)17-13(21)7-12(8-14(25)28)18-16(17)10(2)19(26-18)20(22,23)24/h5,7,26H,6,8-9H2,1-2H3,(H2,25,28). The van der Waals surface area contributed by atoms with E-state index < -0.39 is 35.9 Å². The summed E-state index contributed by atoms with van der Waals surface area (Å²) in [6.07, 6.45) is -3.52. The van der Waals surface area contributed by atoms with Gasteiger partial charge >= 0.3 is 6.18 Å². The van der Waals surface area contributed by atoms with Crippen molar-refractivity contribution in [3.63, 3.8) is 0 Å². The first-order valence-corrected chi connectivity index (χ1v) is 8.64. The molecule has 2 amide bonds. The van der Waals surface area contributed by atoms with E-state index in [9.17, 15) is 22.8 Å². The van der Waals surface area contributed by atoms with Crippen LogP contribution in [0.4, 0.5) is 17.6 Å². The monoisotopic (exact) mass is 407 g/mol. The molecular weight excluding hydrogens is 390 g/mol. The van der Waals surface area contributed by atoms with Gasteiger partial charge in [0.2, 0.25) is 5.91 Å². The predicted molar refractivity (Wildman–Crippen MR) is 98.9 cm³/mol. The van der Waals surface area contributed by atoms with Gasteiger partial charge in [0, 0.05) is 24.0 Å². The molecule has 152 valence electrons. The molecule has 0 saturated carbocycles. The lowest BCUT2D eigenvalue weighted by Gasteiger charge is -2.15. The number of alkyl halides is 3. The van der Waals surface area contributed by atoms with Crippen LogP contribution < -0.4 is 5.73 Å². The number of H-pyrrole nitrogens is 1. The maximum atomic E-state index is 15.0. The fraction of sp³-hybridized carbons (Fsp3) is 0.300. The molecule has 0 fully saturated rings. The minimum absolute atomic E-state index is 0.00375. The van der Waals surface area contributed by atoms with Crippen LogP contribution in [-0.2, 0) is 22.2 Å². The van der Waals surface area contributed by atoms with Gasteiger partial charge in [0.1, 0.15) is 11.5 Å². The number of hydrogen-bond donors (Lipinski definition) is 2. The number of fused-ring (bicyclic) bond motifs is 1. The summed E-state index contributed by atoms with van der Waals surface area (Å²) in [5.41, 5.74) is 4.35. The number of benzene rings is 1. The van der Waals surface area contributed by atoms with Gasteiger partial charge in [-0.25, -0.2) is 4.39 Å². The van der Waals surface area contributed by atoms with Crippen molar-refractivity contribution in [2.45, 2.75) is 26.4 Å². The molecule has 1 aliphatic rings. The fourth-order valence-electron chi connectivity index (χ4n) is 3.57.